The minimum Gasteiger partial charge on any atom is -0.508 e. The van der Waals surface area contributed by atoms with Gasteiger partial charge in [0.15, 0.2) is 0 Å². The number of phenols is 2. The Labute approximate surface area is 338 Å². The molecule has 1 aliphatic heterocycles. The Balaban J connectivity index is 1.56. The highest BCUT2D eigenvalue weighted by atomic mass is 16.3. The lowest BCUT2D eigenvalue weighted by molar-refractivity contribution is 0.353. The predicted octanol–water partition coefficient (Wildman–Crippen LogP) is 2.82. The van der Waals surface area contributed by atoms with Crippen LogP contribution in [0.1, 0.15) is 22.3 Å². The summed E-state index contributed by atoms with van der Waals surface area (Å²) < 4.78 is 2.59. The van der Waals surface area contributed by atoms with Gasteiger partial charge >= 0.3 is 0 Å². The molecule has 1 aliphatic carbocycles. The molecule has 4 aromatic rings. The van der Waals surface area contributed by atoms with Crippen molar-refractivity contribution in [3.8, 4) is 28.5 Å². The number of nitrogens with zero attached hydrogens (tertiary/aromatic N) is 7. The SMILES string of the molecule is CN(C)CCn1c(O)c2cc(NCCc3ccc(O)c(CN(C)C)c3)c3c4c2c(c(=NCCc2ccc(O)c(CN(C)C)c2)cc-4c(=O)n(CCN(C)C)c3=O)c1=O. The molecule has 0 atom stereocenters. The molecule has 1 aromatic heterocycles. The Morgan fingerprint density at radius 1 is 0.621 bits per heavy atom. The van der Waals surface area contributed by atoms with E-state index in [4.69, 9.17) is 4.99 Å². The molecule has 3 aromatic carbocycles. The quantitative estimate of drug-likeness (QED) is 0.101. The van der Waals surface area contributed by atoms with Crippen LogP contribution in [0.3, 0.4) is 0 Å². The van der Waals surface area contributed by atoms with Gasteiger partial charge in [-0.25, -0.2) is 0 Å². The summed E-state index contributed by atoms with van der Waals surface area (Å²) in [4.78, 5) is 56.2. The van der Waals surface area contributed by atoms with Gasteiger partial charge in [0.25, 0.3) is 16.7 Å². The van der Waals surface area contributed by atoms with Gasteiger partial charge < -0.3 is 40.2 Å². The molecule has 0 radical (unpaired) electrons. The first-order valence-electron chi connectivity index (χ1n) is 19.6. The van der Waals surface area contributed by atoms with Gasteiger partial charge in [0, 0.05) is 85.5 Å². The molecular weight excluding hydrogens is 737 g/mol. The maximum absolute atomic E-state index is 14.5. The molecule has 58 heavy (non-hydrogen) atoms. The number of hydrogen-bond donors (Lipinski definition) is 4. The van der Waals surface area contributed by atoms with Crippen LogP contribution in [0.4, 0.5) is 5.69 Å². The molecule has 4 N–H and O–H groups in total. The maximum Gasteiger partial charge on any atom is 0.263 e. The van der Waals surface area contributed by atoms with Crippen LogP contribution in [-0.2, 0) is 39.0 Å². The van der Waals surface area contributed by atoms with Gasteiger partial charge in [-0.05, 0) is 105 Å². The normalized spacial score (nSPS) is 12.6. The minimum absolute atomic E-state index is 0.147. The van der Waals surface area contributed by atoms with Crippen molar-refractivity contribution in [1.82, 2.24) is 28.7 Å². The van der Waals surface area contributed by atoms with E-state index in [1.165, 1.54) is 9.13 Å². The molecule has 0 saturated heterocycles. The summed E-state index contributed by atoms with van der Waals surface area (Å²) in [5, 5.41) is 37.7. The summed E-state index contributed by atoms with van der Waals surface area (Å²) in [7, 11) is 15.3. The third-order valence-electron chi connectivity index (χ3n) is 10.5. The second-order valence-corrected chi connectivity index (χ2v) is 16.3. The lowest BCUT2D eigenvalue weighted by Gasteiger charge is -2.23. The zero-order valence-corrected chi connectivity index (χ0v) is 34.9. The first-order chi connectivity index (χ1) is 27.5. The fourth-order valence-corrected chi connectivity index (χ4v) is 7.60. The van der Waals surface area contributed by atoms with Gasteiger partial charge in [-0.2, -0.15) is 0 Å². The van der Waals surface area contributed by atoms with E-state index in [9.17, 15) is 29.7 Å². The number of nitrogens with one attached hydrogen (secondary N) is 1. The van der Waals surface area contributed by atoms with E-state index >= 15 is 0 Å². The van der Waals surface area contributed by atoms with Gasteiger partial charge in [-0.3, -0.25) is 28.5 Å². The molecule has 2 aliphatic rings. The van der Waals surface area contributed by atoms with Gasteiger partial charge in [0.2, 0.25) is 5.88 Å². The Kier molecular flexibility index (Phi) is 12.7. The highest BCUT2D eigenvalue weighted by Gasteiger charge is 2.29. The average Bonchev–Trinajstić information content (AvgIpc) is 3.15. The van der Waals surface area contributed by atoms with Crippen molar-refractivity contribution in [3.05, 3.63) is 107 Å². The number of pyridine rings is 2. The standard InChI is InChI=1S/C44H56N8O6/c1-47(2)17-19-51-41(55)31-23-34(46-16-14-28-10-12-36(54)30(22-28)26-50(7)8)40-38-32(42(56)52(44(40)58)20-18-48(3)4)24-33(39(37(31)38)43(51)57)45-15-13-27-9-11-35(53)29(21-27)25-49(5)6/h9-12,21-24,45,53-54,56H,13-20,25-26H2,1-8H3. The van der Waals surface area contributed by atoms with E-state index in [0.29, 0.717) is 72.9 Å². The highest BCUT2D eigenvalue weighted by Crippen LogP contribution is 2.40. The zero-order valence-electron chi connectivity index (χ0n) is 34.9. The number of aromatic nitrogens is 2. The molecule has 0 spiro atoms. The number of aromatic hydroxyl groups is 3. The minimum atomic E-state index is -0.489. The van der Waals surface area contributed by atoms with Crippen LogP contribution >= 0.6 is 0 Å². The highest BCUT2D eigenvalue weighted by molar-refractivity contribution is 6.18. The molecule has 2 heterocycles. The van der Waals surface area contributed by atoms with E-state index in [0.717, 1.165) is 22.3 Å². The van der Waals surface area contributed by atoms with E-state index in [1.54, 1.807) is 24.3 Å². The van der Waals surface area contributed by atoms with Crippen molar-refractivity contribution in [2.24, 2.45) is 4.99 Å². The fourth-order valence-electron chi connectivity index (χ4n) is 7.60. The Bertz CT molecular complexity index is 2630. The molecule has 6 rings (SSSR count). The first kappa shape index (κ1) is 42.1. The molecule has 308 valence electrons. The number of anilines is 1. The van der Waals surface area contributed by atoms with Crippen molar-refractivity contribution in [2.45, 2.75) is 39.0 Å². The van der Waals surface area contributed by atoms with Crippen LogP contribution < -0.4 is 27.4 Å². The monoisotopic (exact) mass is 792 g/mol. The summed E-state index contributed by atoms with van der Waals surface area (Å²) in [6.07, 6.45) is 1.06. The van der Waals surface area contributed by atoms with E-state index in [2.05, 4.69) is 5.32 Å². The van der Waals surface area contributed by atoms with Crippen LogP contribution in [-0.4, -0.2) is 127 Å². The van der Waals surface area contributed by atoms with Crippen LogP contribution in [0.15, 0.2) is 67.9 Å². The molecular formula is C44H56N8O6. The van der Waals surface area contributed by atoms with Crippen molar-refractivity contribution in [1.29, 1.82) is 0 Å². The van der Waals surface area contributed by atoms with Gasteiger partial charge in [0.05, 0.1) is 21.7 Å². The molecule has 0 amide bonds. The van der Waals surface area contributed by atoms with Gasteiger partial charge in [0.1, 0.15) is 11.5 Å². The smallest absolute Gasteiger partial charge is 0.263 e. The van der Waals surface area contributed by atoms with Crippen LogP contribution in [0, 0.1) is 0 Å². The summed E-state index contributed by atoms with van der Waals surface area (Å²) in [5.41, 5.74) is 3.10. The summed E-state index contributed by atoms with van der Waals surface area (Å²) in [5.74, 6) is 0.182. The topological polar surface area (TPSA) is 159 Å². The van der Waals surface area contributed by atoms with Crippen molar-refractivity contribution >= 4 is 27.2 Å². The van der Waals surface area contributed by atoms with Crippen molar-refractivity contribution in [2.75, 3.05) is 87.9 Å². The summed E-state index contributed by atoms with van der Waals surface area (Å²) in [6, 6.07) is 14.3. The van der Waals surface area contributed by atoms with Crippen molar-refractivity contribution < 1.29 is 15.3 Å². The van der Waals surface area contributed by atoms with E-state index in [-0.39, 0.29) is 53.3 Å². The average molecular weight is 793 g/mol. The third kappa shape index (κ3) is 8.80. The number of likely N-dealkylation sites (N-methyl/N-ethyl adjacent to an activating group) is 2. The van der Waals surface area contributed by atoms with Crippen LogP contribution in [0.2, 0.25) is 0 Å². The predicted molar refractivity (Wildman–Crippen MR) is 231 cm³/mol. The number of rotatable bonds is 17. The lowest BCUT2D eigenvalue weighted by Crippen LogP contribution is -2.39. The Hall–Kier alpha value is -5.54. The second kappa shape index (κ2) is 17.5. The number of phenolic OH excluding ortho intramolecular Hbond substituents is 2. The van der Waals surface area contributed by atoms with Crippen LogP contribution in [0.5, 0.6) is 17.4 Å². The fraction of sp³-hybridized carbons (Fsp3) is 0.409. The Morgan fingerprint density at radius 2 is 1.17 bits per heavy atom. The van der Waals surface area contributed by atoms with Gasteiger partial charge in [-0.15, -0.1) is 0 Å². The summed E-state index contributed by atoms with van der Waals surface area (Å²) in [6.45, 7) is 3.06. The van der Waals surface area contributed by atoms with E-state index in [1.807, 2.05) is 100 Å². The molecule has 14 nitrogen and oxygen atoms in total. The molecule has 0 fully saturated rings. The van der Waals surface area contributed by atoms with Crippen molar-refractivity contribution in [3.63, 3.8) is 0 Å². The Morgan fingerprint density at radius 3 is 1.74 bits per heavy atom. The zero-order chi connectivity index (χ0) is 42.0. The molecule has 14 heteroatoms. The van der Waals surface area contributed by atoms with E-state index < -0.39 is 16.7 Å². The molecule has 0 bridgehead atoms. The van der Waals surface area contributed by atoms with Gasteiger partial charge in [-0.1, -0.05) is 24.3 Å². The number of benzene rings is 4. The lowest BCUT2D eigenvalue weighted by atomic mass is 9.89. The molecule has 0 saturated carbocycles. The molecule has 0 unspecified atom stereocenters. The number of hydrogen-bond acceptors (Lipinski definition) is 12. The third-order valence-corrected chi connectivity index (χ3v) is 10.5. The first-order valence-corrected chi connectivity index (χ1v) is 19.6. The maximum atomic E-state index is 14.5. The largest absolute Gasteiger partial charge is 0.508 e. The summed E-state index contributed by atoms with van der Waals surface area (Å²) >= 11 is 0. The second-order valence-electron chi connectivity index (χ2n) is 16.3. The van der Waals surface area contributed by atoms with Crippen LogP contribution in [0.25, 0.3) is 32.7 Å².